The number of nitrogens with zero attached hydrogens (tertiary/aromatic N) is 2. The molecule has 0 aliphatic heterocycles. The molecule has 0 fully saturated rings. The zero-order valence-electron chi connectivity index (χ0n) is 76.1. The van der Waals surface area contributed by atoms with Gasteiger partial charge in [0, 0.05) is 118 Å². The molecule has 1 aliphatic carbocycles. The van der Waals surface area contributed by atoms with Gasteiger partial charge in [-0.05, 0) is 328 Å². The Balaban J connectivity index is 0.0000000938. The lowest BCUT2D eigenvalue weighted by Gasteiger charge is -2.25. The third kappa shape index (κ3) is 13.7. The topological polar surface area (TPSA) is 51.6 Å². The Kier molecular flexibility index (Phi) is 19.4. The van der Waals surface area contributed by atoms with Crippen molar-refractivity contribution in [1.29, 1.82) is 0 Å². The van der Waals surface area contributed by atoms with Gasteiger partial charge in [0.1, 0.15) is 28.1 Å². The molecule has 8 heteroatoms. The summed E-state index contributed by atoms with van der Waals surface area (Å²) in [7, 11) is 1.70. The Morgan fingerprint density at radius 2 is 0.727 bits per heavy atom. The van der Waals surface area contributed by atoms with Crippen molar-refractivity contribution in [2.24, 2.45) is 0 Å². The fraction of sp³-hybridized carbons (Fsp3) is 0.0305. The van der Waals surface area contributed by atoms with E-state index in [9.17, 15) is 0 Å². The number of fused-ring (bicyclic) bond motifs is 30. The smallest absolute Gasteiger partial charge is 0.136 e. The predicted octanol–water partition coefficient (Wildman–Crippen LogP) is 38.7. The van der Waals surface area contributed by atoms with Gasteiger partial charge in [-0.2, -0.15) is 0 Å². The summed E-state index contributed by atoms with van der Waals surface area (Å²) in [5.74, 6) is 0.866. The van der Waals surface area contributed by atoms with E-state index in [-0.39, 0.29) is 5.41 Å². The Bertz CT molecular complexity index is 10000. The van der Waals surface area contributed by atoms with Crippen molar-refractivity contribution >= 4 is 242 Å². The van der Waals surface area contributed by atoms with Gasteiger partial charge in [-0.1, -0.05) is 281 Å². The number of pyridine rings is 1. The first kappa shape index (κ1) is 81.7. The second kappa shape index (κ2) is 33.0. The molecule has 0 N–H and O–H groups in total. The molecule has 0 amide bonds. The Morgan fingerprint density at radius 1 is 0.245 bits per heavy atom. The molecule has 23 aromatic carbocycles. The molecule has 0 spiro atoms. The lowest BCUT2D eigenvalue weighted by molar-refractivity contribution is 0.415. The van der Waals surface area contributed by atoms with Crippen molar-refractivity contribution in [1.82, 2.24) is 4.98 Å². The molecule has 29 aromatic rings. The molecule has 0 saturated carbocycles. The predicted molar refractivity (Wildman–Crippen MR) is 597 cm³/mol. The summed E-state index contributed by atoms with van der Waals surface area (Å²) in [6.07, 6.45) is 3.81. The van der Waals surface area contributed by atoms with Crippen LogP contribution < -0.4 is 9.64 Å². The standard InChI is InChI=1S/C38H25NS.C34H23NO.C32H18S2.C27H18O2/c1-3-12-28(13-4-1)39(29-14-5-2-6-15-29)30-21-19-26(20-22-30)33-23-27-11-7-8-16-31(27)34-24-36-32-17-9-10-18-37(32)40-38(36)25-35(33)34;1-34(2)30-11-5-3-9-22(30)28-16-26-24(20-8-7-13-35-19-20)14-21-15-29-23-10-4-6-12-32(23)36-33(29)18-25(21)27(26)17-31(28)34;1-2-8-21-19(7-1)13-14-24-26(28-18-33-29-11-5-3-10-23(28)29)15-20-16-27-22-9-4-6-12-30(22)34-31(27)17-25(20)32(21)24;1-28-19-12-10-17(11-13-19)23-14-18-15-25-22-8-4-5-9-26(22)29-27(25)16-24(18)21-7-3-2-6-20(21)23/h1-25H;3-19H,1-2H3;1-18H;2-16H,1H3. The van der Waals surface area contributed by atoms with Gasteiger partial charge in [0.05, 0.1) is 7.11 Å². The number of hydrogen-bond donors (Lipinski definition) is 0. The molecular formula is C131H84N2O3S3. The van der Waals surface area contributed by atoms with Gasteiger partial charge < -0.3 is 18.5 Å². The maximum atomic E-state index is 6.30. The Labute approximate surface area is 812 Å². The van der Waals surface area contributed by atoms with Gasteiger partial charge in [0.2, 0.25) is 0 Å². The number of thiophene rings is 3. The lowest BCUT2D eigenvalue weighted by Crippen LogP contribution is -2.14. The van der Waals surface area contributed by atoms with Gasteiger partial charge in [0.15, 0.2) is 0 Å². The van der Waals surface area contributed by atoms with E-state index in [1.807, 2.05) is 88.9 Å². The number of ether oxygens (including phenoxy) is 1. The summed E-state index contributed by atoms with van der Waals surface area (Å²) in [4.78, 5) is 6.76. The lowest BCUT2D eigenvalue weighted by atomic mass is 9.81. The maximum absolute atomic E-state index is 6.30. The van der Waals surface area contributed by atoms with Crippen LogP contribution in [0.25, 0.3) is 247 Å². The second-order valence-corrected chi connectivity index (χ2v) is 40.0. The van der Waals surface area contributed by atoms with E-state index in [0.29, 0.717) is 0 Å². The Hall–Kier alpha value is -16.9. The van der Waals surface area contributed by atoms with Gasteiger partial charge >= 0.3 is 0 Å². The third-order valence-corrected chi connectivity index (χ3v) is 32.0. The van der Waals surface area contributed by atoms with Crippen molar-refractivity contribution in [3.05, 3.63) is 466 Å². The molecule has 30 rings (SSSR count). The van der Waals surface area contributed by atoms with Crippen molar-refractivity contribution in [3.63, 3.8) is 0 Å². The summed E-state index contributed by atoms with van der Waals surface area (Å²) in [6.45, 7) is 4.68. The first-order valence-electron chi connectivity index (χ1n) is 47.3. The van der Waals surface area contributed by atoms with Crippen LogP contribution >= 0.6 is 34.0 Å². The van der Waals surface area contributed by atoms with Crippen LogP contribution in [0.15, 0.2) is 463 Å². The number of para-hydroxylation sites is 4. The average Bonchev–Trinajstić information content (AvgIpc) is 1.57. The van der Waals surface area contributed by atoms with Gasteiger partial charge in [-0.15, -0.1) is 34.0 Å². The van der Waals surface area contributed by atoms with E-state index >= 15 is 0 Å². The summed E-state index contributed by atoms with van der Waals surface area (Å²) in [5, 5.41) is 36.7. The Morgan fingerprint density at radius 3 is 1.38 bits per heavy atom. The first-order chi connectivity index (χ1) is 68.6. The monoisotopic (exact) mass is 1830 g/mol. The van der Waals surface area contributed by atoms with Gasteiger partial charge in [0.25, 0.3) is 0 Å². The molecule has 6 aromatic heterocycles. The van der Waals surface area contributed by atoms with Crippen LogP contribution in [0.5, 0.6) is 5.75 Å². The van der Waals surface area contributed by atoms with Crippen molar-refractivity contribution in [3.8, 4) is 61.4 Å². The number of methoxy groups -OCH3 is 1. The van der Waals surface area contributed by atoms with E-state index in [1.165, 1.54) is 209 Å². The van der Waals surface area contributed by atoms with Crippen molar-refractivity contribution < 1.29 is 13.6 Å². The summed E-state index contributed by atoms with van der Waals surface area (Å²) in [5.41, 5.74) is 22.4. The molecule has 0 unspecified atom stereocenters. The zero-order valence-corrected chi connectivity index (χ0v) is 78.6. The molecule has 0 radical (unpaired) electrons. The minimum atomic E-state index is -0.0553. The zero-order chi connectivity index (χ0) is 92.1. The average molecular weight is 1830 g/mol. The maximum Gasteiger partial charge on any atom is 0.136 e. The van der Waals surface area contributed by atoms with Crippen LogP contribution in [-0.2, 0) is 5.41 Å². The third-order valence-electron chi connectivity index (χ3n) is 28.8. The highest BCUT2D eigenvalue weighted by molar-refractivity contribution is 7.26. The van der Waals surface area contributed by atoms with E-state index in [1.54, 1.807) is 7.11 Å². The molecule has 5 nitrogen and oxygen atoms in total. The molecule has 0 atom stereocenters. The number of anilines is 3. The second-order valence-electron chi connectivity index (χ2n) is 37.0. The van der Waals surface area contributed by atoms with Crippen LogP contribution in [0.1, 0.15) is 25.0 Å². The highest BCUT2D eigenvalue weighted by Crippen LogP contribution is 2.54. The summed E-state index contributed by atoms with van der Waals surface area (Å²) >= 11 is 5.61. The molecule has 0 bridgehead atoms. The molecular weight excluding hydrogens is 1750 g/mol. The number of rotatable bonds is 8. The summed E-state index contributed by atoms with van der Waals surface area (Å²) < 4.78 is 24.5. The van der Waals surface area contributed by atoms with E-state index in [2.05, 4.69) is 423 Å². The van der Waals surface area contributed by atoms with Crippen molar-refractivity contribution in [2.45, 2.75) is 19.3 Å². The molecule has 6 heterocycles. The van der Waals surface area contributed by atoms with Crippen LogP contribution in [0.3, 0.4) is 0 Å². The van der Waals surface area contributed by atoms with Crippen LogP contribution in [-0.4, -0.2) is 12.1 Å². The SMILES string of the molecule is CC1(C)c2ccccc2-c2cc3c(-c4cccnc4)cc4cc5c(cc4c3cc21)oc1ccccc15.COc1ccc(-c2cc3cc4c(cc3c3ccccc23)oc2ccccc24)cc1.c1ccc(N(c2ccccc2)c2ccc(-c3cc4ccccc4c4cc5c(cc34)sc3ccccc35)cc2)cc1.c1ccc2c(c1)ccc1c(-c3csc4ccccc34)cc3cc4c(cc3c12)sc1ccccc14. The van der Waals surface area contributed by atoms with E-state index in [4.69, 9.17) is 13.6 Å². The largest absolute Gasteiger partial charge is 0.497 e. The number of benzene rings is 23. The minimum absolute atomic E-state index is 0.0553. The number of aromatic nitrogens is 1. The van der Waals surface area contributed by atoms with E-state index < -0.39 is 0 Å². The van der Waals surface area contributed by atoms with E-state index in [0.717, 1.165) is 72.3 Å². The van der Waals surface area contributed by atoms with Crippen LogP contribution in [0, 0.1) is 0 Å². The molecule has 0 saturated heterocycles. The number of hydrogen-bond acceptors (Lipinski definition) is 8. The fourth-order valence-corrected chi connectivity index (χ4v) is 25.4. The minimum Gasteiger partial charge on any atom is -0.497 e. The number of furan rings is 2. The summed E-state index contributed by atoms with van der Waals surface area (Å²) in [6, 6.07) is 158. The molecule has 1 aliphatic rings. The normalized spacial score (nSPS) is 12.3. The highest BCUT2D eigenvalue weighted by Gasteiger charge is 2.36. The van der Waals surface area contributed by atoms with Crippen LogP contribution in [0.2, 0.25) is 0 Å². The first-order valence-corrected chi connectivity index (χ1v) is 49.8. The molecule has 139 heavy (non-hydrogen) atoms. The molecule has 654 valence electrons. The fourth-order valence-electron chi connectivity index (χ4n) is 22.2. The highest BCUT2D eigenvalue weighted by atomic mass is 32.1. The quantitative estimate of drug-likeness (QED) is 0.142. The van der Waals surface area contributed by atoms with Gasteiger partial charge in [-0.25, -0.2) is 0 Å². The van der Waals surface area contributed by atoms with Crippen molar-refractivity contribution in [2.75, 3.05) is 12.0 Å². The van der Waals surface area contributed by atoms with Crippen LogP contribution in [0.4, 0.5) is 17.1 Å². The van der Waals surface area contributed by atoms with Gasteiger partial charge in [-0.3, -0.25) is 4.98 Å².